The highest BCUT2D eigenvalue weighted by molar-refractivity contribution is 5.89. The summed E-state index contributed by atoms with van der Waals surface area (Å²) in [4.78, 5) is 13.6. The van der Waals surface area contributed by atoms with E-state index in [2.05, 4.69) is 15.0 Å². The van der Waals surface area contributed by atoms with Gasteiger partial charge in [-0.2, -0.15) is 0 Å². The molecule has 0 bridgehead atoms. The third-order valence-electron chi connectivity index (χ3n) is 4.20. The molecule has 0 amide bonds. The van der Waals surface area contributed by atoms with E-state index in [1.165, 1.54) is 0 Å². The summed E-state index contributed by atoms with van der Waals surface area (Å²) >= 11 is 0. The number of nitrogens with two attached hydrogens (primary N) is 1. The molecule has 0 unspecified atom stereocenters. The van der Waals surface area contributed by atoms with E-state index in [-0.39, 0.29) is 0 Å². The van der Waals surface area contributed by atoms with Gasteiger partial charge in [0.1, 0.15) is 16.9 Å². The Hall–Kier alpha value is -3.35. The van der Waals surface area contributed by atoms with Crippen molar-refractivity contribution in [1.82, 2.24) is 24.1 Å². The van der Waals surface area contributed by atoms with E-state index in [9.17, 15) is 0 Å². The van der Waals surface area contributed by atoms with Gasteiger partial charge >= 0.3 is 0 Å². The van der Waals surface area contributed by atoms with E-state index in [4.69, 9.17) is 10.5 Å². The molecule has 1 aromatic carbocycles. The number of ether oxygens (including phenoxy) is 1. The molecule has 4 rings (SSSR count). The summed E-state index contributed by atoms with van der Waals surface area (Å²) in [6.07, 6.45) is 3.67. The lowest BCUT2D eigenvalue weighted by atomic mass is 10.3. The van der Waals surface area contributed by atoms with Crippen LogP contribution in [0.25, 0.3) is 28.2 Å². The monoisotopic (exact) mass is 334 g/mol. The fourth-order valence-electron chi connectivity index (χ4n) is 2.92. The van der Waals surface area contributed by atoms with Gasteiger partial charge < -0.3 is 19.6 Å². The van der Waals surface area contributed by atoms with Gasteiger partial charge in [0.2, 0.25) is 5.88 Å². The zero-order valence-electron chi connectivity index (χ0n) is 14.3. The molecule has 0 atom stereocenters. The molecule has 4 aromatic rings. The van der Waals surface area contributed by atoms with E-state index < -0.39 is 0 Å². The van der Waals surface area contributed by atoms with Crippen LogP contribution in [0.1, 0.15) is 5.69 Å². The van der Waals surface area contributed by atoms with Gasteiger partial charge in [-0.05, 0) is 31.2 Å². The van der Waals surface area contributed by atoms with Crippen LogP contribution in [0.2, 0.25) is 0 Å². The molecule has 0 aliphatic carbocycles. The molecule has 7 heteroatoms. The third-order valence-corrected chi connectivity index (χ3v) is 4.20. The van der Waals surface area contributed by atoms with Gasteiger partial charge in [-0.3, -0.25) is 0 Å². The minimum absolute atomic E-state index is 0.509. The van der Waals surface area contributed by atoms with E-state index in [1.54, 1.807) is 13.4 Å². The minimum Gasteiger partial charge on any atom is -0.479 e. The Balaban J connectivity index is 1.87. The summed E-state index contributed by atoms with van der Waals surface area (Å²) < 4.78 is 9.35. The van der Waals surface area contributed by atoms with E-state index in [1.807, 2.05) is 59.6 Å². The van der Waals surface area contributed by atoms with Gasteiger partial charge in [-0.25, -0.2) is 15.0 Å². The number of benzene rings is 1. The van der Waals surface area contributed by atoms with Crippen LogP contribution in [0, 0.1) is 6.92 Å². The van der Waals surface area contributed by atoms with E-state index >= 15 is 0 Å². The van der Waals surface area contributed by atoms with Crippen LogP contribution in [-0.2, 0) is 7.05 Å². The van der Waals surface area contributed by atoms with Gasteiger partial charge in [-0.1, -0.05) is 6.07 Å². The highest BCUT2D eigenvalue weighted by atomic mass is 16.5. The molecule has 2 N–H and O–H groups in total. The van der Waals surface area contributed by atoms with Crippen LogP contribution in [0.4, 0.5) is 5.69 Å². The fourth-order valence-corrected chi connectivity index (χ4v) is 2.92. The number of hydrogen-bond donors (Lipinski definition) is 1. The lowest BCUT2D eigenvalue weighted by molar-refractivity contribution is 0.396. The number of nitrogen functional groups attached to an aromatic ring is 1. The first-order chi connectivity index (χ1) is 12.1. The molecule has 0 aliphatic heterocycles. The highest BCUT2D eigenvalue weighted by Crippen LogP contribution is 2.29. The van der Waals surface area contributed by atoms with E-state index in [0.717, 1.165) is 33.9 Å². The van der Waals surface area contributed by atoms with Crippen LogP contribution in [0.15, 0.2) is 42.9 Å². The standard InChI is InChI=1S/C18H18N6O/c1-11-9-24(10-20-11)15-8-7-13(21-18(15)25-3)17-22-16-12(19)5-4-6-14(16)23(17)2/h4-10H,19H2,1-3H3. The first-order valence-corrected chi connectivity index (χ1v) is 7.86. The topological polar surface area (TPSA) is 83.8 Å². The van der Waals surface area contributed by atoms with Crippen LogP contribution < -0.4 is 10.5 Å². The zero-order valence-corrected chi connectivity index (χ0v) is 14.3. The van der Waals surface area contributed by atoms with Crippen molar-refractivity contribution in [2.24, 2.45) is 7.05 Å². The molecule has 126 valence electrons. The molecular formula is C18H18N6O. The average molecular weight is 334 g/mol. The zero-order chi connectivity index (χ0) is 17.6. The summed E-state index contributed by atoms with van der Waals surface area (Å²) in [6, 6.07) is 9.62. The van der Waals surface area contributed by atoms with Crippen LogP contribution >= 0.6 is 0 Å². The van der Waals surface area contributed by atoms with Gasteiger partial charge in [-0.15, -0.1) is 0 Å². The lowest BCUT2D eigenvalue weighted by Gasteiger charge is -2.10. The molecule has 0 fully saturated rings. The average Bonchev–Trinajstić information content (AvgIpc) is 3.19. The summed E-state index contributed by atoms with van der Waals surface area (Å²) in [5.74, 6) is 1.24. The first-order valence-electron chi connectivity index (χ1n) is 7.86. The lowest BCUT2D eigenvalue weighted by Crippen LogP contribution is -2.01. The number of aromatic nitrogens is 5. The van der Waals surface area contributed by atoms with Crippen molar-refractivity contribution >= 4 is 16.7 Å². The van der Waals surface area contributed by atoms with Gasteiger partial charge in [0.05, 0.1) is 30.3 Å². The molecule has 0 saturated heterocycles. The maximum atomic E-state index is 6.04. The third kappa shape index (κ3) is 2.40. The predicted octanol–water partition coefficient (Wildman–Crippen LogP) is 2.72. The second-order valence-electron chi connectivity index (χ2n) is 5.86. The molecule has 3 heterocycles. The second-order valence-corrected chi connectivity index (χ2v) is 5.86. The smallest absolute Gasteiger partial charge is 0.238 e. The number of anilines is 1. The molecule has 25 heavy (non-hydrogen) atoms. The van der Waals surface area contributed by atoms with Crippen molar-refractivity contribution in [1.29, 1.82) is 0 Å². The molecule has 0 aliphatic rings. The number of rotatable bonds is 3. The quantitative estimate of drug-likeness (QED) is 0.582. The normalized spacial score (nSPS) is 11.2. The molecule has 0 saturated carbocycles. The number of para-hydroxylation sites is 1. The number of hydrogen-bond acceptors (Lipinski definition) is 5. The molecule has 0 radical (unpaired) electrons. The Morgan fingerprint density at radius 2 is 1.96 bits per heavy atom. The van der Waals surface area contributed by atoms with Crippen molar-refractivity contribution in [2.45, 2.75) is 6.92 Å². The van der Waals surface area contributed by atoms with Crippen molar-refractivity contribution < 1.29 is 4.74 Å². The number of methoxy groups -OCH3 is 1. The van der Waals surface area contributed by atoms with Gasteiger partial charge in [0, 0.05) is 13.2 Å². The van der Waals surface area contributed by atoms with Crippen molar-refractivity contribution in [3.63, 3.8) is 0 Å². The largest absolute Gasteiger partial charge is 0.479 e. The number of pyridine rings is 1. The first kappa shape index (κ1) is 15.2. The second kappa shape index (κ2) is 5.62. The van der Waals surface area contributed by atoms with Crippen LogP contribution in [0.3, 0.4) is 0 Å². The summed E-state index contributed by atoms with van der Waals surface area (Å²) in [7, 11) is 3.55. The number of imidazole rings is 2. The molecular weight excluding hydrogens is 316 g/mol. The Labute approximate surface area is 144 Å². The van der Waals surface area contributed by atoms with E-state index in [0.29, 0.717) is 11.6 Å². The van der Waals surface area contributed by atoms with Gasteiger partial charge in [0.25, 0.3) is 0 Å². The number of aryl methyl sites for hydroxylation is 2. The summed E-state index contributed by atoms with van der Waals surface area (Å²) in [6.45, 7) is 1.94. The molecule has 0 spiro atoms. The Morgan fingerprint density at radius 3 is 2.64 bits per heavy atom. The van der Waals surface area contributed by atoms with Gasteiger partial charge in [0.15, 0.2) is 5.82 Å². The summed E-state index contributed by atoms with van der Waals surface area (Å²) in [5, 5.41) is 0. The summed E-state index contributed by atoms with van der Waals surface area (Å²) in [5.41, 5.74) is 10.9. The Kier molecular flexibility index (Phi) is 3.42. The van der Waals surface area contributed by atoms with Crippen molar-refractivity contribution in [3.8, 4) is 23.1 Å². The maximum Gasteiger partial charge on any atom is 0.238 e. The predicted molar refractivity (Wildman–Crippen MR) is 96.8 cm³/mol. The fraction of sp³-hybridized carbons (Fsp3) is 0.167. The SMILES string of the molecule is COc1nc(-c2nc3c(N)cccc3n2C)ccc1-n1cnc(C)c1. The minimum atomic E-state index is 0.509. The maximum absolute atomic E-state index is 6.04. The molecule has 7 nitrogen and oxygen atoms in total. The molecule has 3 aromatic heterocycles. The Morgan fingerprint density at radius 1 is 1.12 bits per heavy atom. The van der Waals surface area contributed by atoms with Crippen LogP contribution in [-0.4, -0.2) is 31.2 Å². The van der Waals surface area contributed by atoms with Crippen LogP contribution in [0.5, 0.6) is 5.88 Å². The number of fused-ring (bicyclic) bond motifs is 1. The number of nitrogens with zero attached hydrogens (tertiary/aromatic N) is 5. The Bertz CT molecular complexity index is 1080. The van der Waals surface area contributed by atoms with Crippen molar-refractivity contribution in [3.05, 3.63) is 48.5 Å². The highest BCUT2D eigenvalue weighted by Gasteiger charge is 2.16. The van der Waals surface area contributed by atoms with Crippen molar-refractivity contribution in [2.75, 3.05) is 12.8 Å².